The second-order valence-electron chi connectivity index (χ2n) is 10.0. The van der Waals surface area contributed by atoms with Gasteiger partial charge in [0.1, 0.15) is 14.3 Å². The highest BCUT2D eigenvalue weighted by Gasteiger charge is 2.57. The second-order valence-corrected chi connectivity index (χ2v) is 16.0. The first kappa shape index (κ1) is 22.8. The summed E-state index contributed by atoms with van der Waals surface area (Å²) >= 11 is 0. The van der Waals surface area contributed by atoms with Crippen molar-refractivity contribution in [3.05, 3.63) is 121 Å². The Morgan fingerprint density at radius 2 is 0.657 bits per heavy atom. The fourth-order valence-corrected chi connectivity index (χ4v) is 14.2. The molecule has 0 amide bonds. The van der Waals surface area contributed by atoms with Crippen LogP contribution in [-0.4, -0.2) is 11.3 Å². The molecule has 2 saturated carbocycles. The van der Waals surface area contributed by atoms with Gasteiger partial charge in [-0.05, 0) is 31.1 Å². The van der Waals surface area contributed by atoms with Crippen molar-refractivity contribution in [1.29, 1.82) is 0 Å². The zero-order valence-electron chi connectivity index (χ0n) is 19.7. The van der Waals surface area contributed by atoms with Gasteiger partial charge in [-0.15, -0.1) is 0 Å². The number of fused-ring (bicyclic) bond motifs is 2. The largest absolute Gasteiger partial charge is 0.313 e. The van der Waals surface area contributed by atoms with Crippen LogP contribution in [0.4, 0.5) is 0 Å². The molecule has 4 heteroatoms. The topological polar surface area (TPSA) is 34.1 Å². The maximum absolute atomic E-state index is 15.0. The third kappa shape index (κ3) is 3.70. The summed E-state index contributed by atoms with van der Waals surface area (Å²) in [5, 5.41) is 3.81. The Morgan fingerprint density at radius 1 is 0.400 bits per heavy atom. The average Bonchev–Trinajstić information content (AvgIpc) is 3.56. The molecule has 176 valence electrons. The molecule has 2 bridgehead atoms. The van der Waals surface area contributed by atoms with E-state index < -0.39 is 14.3 Å². The SMILES string of the molecule is O=P(c1ccccc1)(c1ccccc1)[C@H]1C[C@@H]2C[C@H]1C[C@@H]2P(=O)(c1ccccc1)c1ccccc1. The van der Waals surface area contributed by atoms with Crippen LogP contribution in [-0.2, 0) is 9.13 Å². The van der Waals surface area contributed by atoms with Crippen molar-refractivity contribution in [3.63, 3.8) is 0 Å². The smallest absolute Gasteiger partial charge is 0.146 e. The normalized spacial score (nSPS) is 23.9. The monoisotopic (exact) mass is 496 g/mol. The van der Waals surface area contributed by atoms with E-state index in [4.69, 9.17) is 0 Å². The third-order valence-corrected chi connectivity index (χ3v) is 15.7. The lowest BCUT2D eigenvalue weighted by molar-refractivity contribution is 0.463. The van der Waals surface area contributed by atoms with Crippen LogP contribution in [0.5, 0.6) is 0 Å². The first-order valence-corrected chi connectivity index (χ1v) is 16.1. The summed E-state index contributed by atoms with van der Waals surface area (Å²) in [6.45, 7) is 0. The van der Waals surface area contributed by atoms with Gasteiger partial charge in [0, 0.05) is 32.5 Å². The van der Waals surface area contributed by atoms with Crippen LogP contribution >= 0.6 is 14.3 Å². The Kier molecular flexibility index (Phi) is 5.92. The summed E-state index contributed by atoms with van der Waals surface area (Å²) in [6, 6.07) is 40.3. The van der Waals surface area contributed by atoms with Gasteiger partial charge in [0.05, 0.1) is 0 Å². The lowest BCUT2D eigenvalue weighted by atomic mass is 9.99. The Bertz CT molecular complexity index is 1190. The van der Waals surface area contributed by atoms with Crippen molar-refractivity contribution >= 4 is 35.5 Å². The summed E-state index contributed by atoms with van der Waals surface area (Å²) in [4.78, 5) is 0. The summed E-state index contributed by atoms with van der Waals surface area (Å²) in [5.41, 5.74) is 0.210. The van der Waals surface area contributed by atoms with Crippen molar-refractivity contribution < 1.29 is 9.13 Å². The van der Waals surface area contributed by atoms with E-state index in [1.165, 1.54) is 0 Å². The molecule has 2 fully saturated rings. The zero-order valence-corrected chi connectivity index (χ0v) is 21.5. The molecule has 0 spiro atoms. The molecule has 0 aromatic heterocycles. The van der Waals surface area contributed by atoms with E-state index in [9.17, 15) is 0 Å². The van der Waals surface area contributed by atoms with E-state index >= 15 is 9.13 Å². The molecule has 0 aliphatic heterocycles. The van der Waals surface area contributed by atoms with Gasteiger partial charge in [0.2, 0.25) is 0 Å². The molecule has 0 heterocycles. The molecule has 0 N–H and O–H groups in total. The lowest BCUT2D eigenvalue weighted by Gasteiger charge is -2.37. The van der Waals surface area contributed by atoms with Crippen molar-refractivity contribution in [2.24, 2.45) is 11.8 Å². The molecule has 0 unspecified atom stereocenters. The van der Waals surface area contributed by atoms with Crippen molar-refractivity contribution in [3.8, 4) is 0 Å². The minimum absolute atomic E-state index is 0.105. The standard InChI is InChI=1S/C31H30O2P2/c32-34(26-13-5-1-6-14-26,27-15-7-2-8-16-27)30-22-25-21-24(30)23-31(25)35(33,28-17-9-3-10-18-28)29-19-11-4-12-20-29/h1-20,24-25,30-31H,21-23H2/t24-,25-,30-,31-/m0/s1. The minimum Gasteiger partial charge on any atom is -0.313 e. The van der Waals surface area contributed by atoms with Gasteiger partial charge in [-0.3, -0.25) is 0 Å². The van der Waals surface area contributed by atoms with Crippen LogP contribution in [0, 0.1) is 11.8 Å². The first-order chi connectivity index (χ1) is 17.1. The fraction of sp³-hybridized carbons (Fsp3) is 0.226. The van der Waals surface area contributed by atoms with Crippen LogP contribution in [0.3, 0.4) is 0 Å². The molecule has 2 aliphatic carbocycles. The van der Waals surface area contributed by atoms with E-state index in [1.807, 2.05) is 121 Å². The third-order valence-electron chi connectivity index (χ3n) is 8.28. The molecule has 4 aromatic rings. The number of hydrogen-bond donors (Lipinski definition) is 0. The van der Waals surface area contributed by atoms with Crippen LogP contribution in [0.1, 0.15) is 19.3 Å². The maximum Gasteiger partial charge on any atom is 0.146 e. The van der Waals surface area contributed by atoms with Gasteiger partial charge in [0.15, 0.2) is 0 Å². The van der Waals surface area contributed by atoms with E-state index in [2.05, 4.69) is 0 Å². The van der Waals surface area contributed by atoms with E-state index in [1.54, 1.807) is 0 Å². The summed E-state index contributed by atoms with van der Waals surface area (Å²) < 4.78 is 30.1. The zero-order chi connectivity index (χ0) is 23.9. The second kappa shape index (κ2) is 9.09. The average molecular weight is 497 g/mol. The number of hydrogen-bond acceptors (Lipinski definition) is 2. The summed E-state index contributed by atoms with van der Waals surface area (Å²) in [6.07, 6.45) is 2.77. The summed E-state index contributed by atoms with van der Waals surface area (Å²) in [7, 11) is -5.65. The minimum atomic E-state index is -2.83. The van der Waals surface area contributed by atoms with Gasteiger partial charge in [0.25, 0.3) is 0 Å². The van der Waals surface area contributed by atoms with E-state index in [-0.39, 0.29) is 11.3 Å². The van der Waals surface area contributed by atoms with Crippen LogP contribution in [0.2, 0.25) is 0 Å². The Labute approximate surface area is 208 Å². The van der Waals surface area contributed by atoms with Gasteiger partial charge >= 0.3 is 0 Å². The maximum atomic E-state index is 15.0. The molecule has 4 aromatic carbocycles. The van der Waals surface area contributed by atoms with Crippen molar-refractivity contribution in [2.45, 2.75) is 30.6 Å². The van der Waals surface area contributed by atoms with Gasteiger partial charge in [-0.2, -0.15) is 0 Å². The molecule has 35 heavy (non-hydrogen) atoms. The van der Waals surface area contributed by atoms with Crippen LogP contribution in [0.15, 0.2) is 121 Å². The van der Waals surface area contributed by atoms with Crippen LogP contribution in [0.25, 0.3) is 0 Å². The molecule has 4 atom stereocenters. The molecule has 0 saturated heterocycles. The summed E-state index contributed by atoms with van der Waals surface area (Å²) in [5.74, 6) is 0.633. The highest BCUT2D eigenvalue weighted by molar-refractivity contribution is 7.80. The Balaban J connectivity index is 1.40. The first-order valence-electron chi connectivity index (χ1n) is 12.5. The molecular weight excluding hydrogens is 466 g/mol. The lowest BCUT2D eigenvalue weighted by Crippen LogP contribution is -2.36. The van der Waals surface area contributed by atoms with E-state index in [0.717, 1.165) is 40.5 Å². The van der Waals surface area contributed by atoms with E-state index in [0.29, 0.717) is 11.8 Å². The highest BCUT2D eigenvalue weighted by atomic mass is 31.2. The number of rotatable bonds is 6. The van der Waals surface area contributed by atoms with Crippen LogP contribution < -0.4 is 21.2 Å². The van der Waals surface area contributed by atoms with Gasteiger partial charge in [-0.1, -0.05) is 121 Å². The quantitative estimate of drug-likeness (QED) is 0.299. The van der Waals surface area contributed by atoms with Crippen molar-refractivity contribution in [2.75, 3.05) is 0 Å². The predicted octanol–water partition coefficient (Wildman–Crippen LogP) is 6.18. The van der Waals surface area contributed by atoms with Gasteiger partial charge < -0.3 is 9.13 Å². The number of benzene rings is 4. The Morgan fingerprint density at radius 3 is 0.886 bits per heavy atom. The fourth-order valence-electron chi connectivity index (χ4n) is 6.77. The molecular formula is C31H30O2P2. The highest BCUT2D eigenvalue weighted by Crippen LogP contribution is 2.68. The Hall–Kier alpha value is -2.66. The van der Waals surface area contributed by atoms with Crippen molar-refractivity contribution in [1.82, 2.24) is 0 Å². The molecule has 2 nitrogen and oxygen atoms in total. The predicted molar refractivity (Wildman–Crippen MR) is 148 cm³/mol. The molecule has 2 aliphatic rings. The molecule has 0 radical (unpaired) electrons. The molecule has 6 rings (SSSR count). The van der Waals surface area contributed by atoms with Gasteiger partial charge in [-0.25, -0.2) is 0 Å².